The summed E-state index contributed by atoms with van der Waals surface area (Å²) in [4.78, 5) is 29.9. The Balaban J connectivity index is 1.28. The highest BCUT2D eigenvalue weighted by Crippen LogP contribution is 2.21. The Hall–Kier alpha value is -3.20. The van der Waals surface area contributed by atoms with Gasteiger partial charge in [-0.1, -0.05) is 0 Å². The molecule has 2 saturated heterocycles. The number of hydrogen-bond acceptors (Lipinski definition) is 6. The van der Waals surface area contributed by atoms with Gasteiger partial charge in [-0.3, -0.25) is 9.69 Å². The molecule has 1 aromatic heterocycles. The molecule has 0 spiro atoms. The van der Waals surface area contributed by atoms with Crippen LogP contribution in [0, 0.1) is 5.82 Å². The zero-order valence-electron chi connectivity index (χ0n) is 15.5. The van der Waals surface area contributed by atoms with Gasteiger partial charge in [-0.15, -0.1) is 0 Å². The predicted molar refractivity (Wildman–Crippen MR) is 100 cm³/mol. The molecule has 1 N–H and O–H groups in total. The van der Waals surface area contributed by atoms with E-state index in [9.17, 15) is 14.0 Å². The number of cyclic esters (lactones) is 1. The van der Waals surface area contributed by atoms with E-state index in [1.165, 1.54) is 35.4 Å². The lowest BCUT2D eigenvalue weighted by Crippen LogP contribution is -2.34. The molecule has 2 aliphatic heterocycles. The van der Waals surface area contributed by atoms with E-state index >= 15 is 0 Å². The lowest BCUT2D eigenvalue weighted by molar-refractivity contribution is 0.0915. The number of nitrogens with one attached hydrogen (secondary N) is 1. The second-order valence-corrected chi connectivity index (χ2v) is 6.79. The van der Waals surface area contributed by atoms with Crippen molar-refractivity contribution in [1.82, 2.24) is 10.3 Å². The van der Waals surface area contributed by atoms with Gasteiger partial charge in [0.15, 0.2) is 0 Å². The van der Waals surface area contributed by atoms with Crippen LogP contribution in [-0.4, -0.2) is 55.5 Å². The number of pyridine rings is 1. The normalized spacial score (nSPS) is 21.1. The molecule has 152 valence electrons. The fourth-order valence-electron chi connectivity index (χ4n) is 3.13. The maximum Gasteiger partial charge on any atom is 0.414 e. The van der Waals surface area contributed by atoms with Gasteiger partial charge in [0.2, 0.25) is 5.88 Å². The maximum absolute atomic E-state index is 13.0. The summed E-state index contributed by atoms with van der Waals surface area (Å²) in [5, 5.41) is 2.73. The summed E-state index contributed by atoms with van der Waals surface area (Å²) >= 11 is 0. The topological polar surface area (TPSA) is 90.0 Å². The van der Waals surface area contributed by atoms with Crippen molar-refractivity contribution in [2.75, 3.05) is 31.2 Å². The summed E-state index contributed by atoms with van der Waals surface area (Å²) in [7, 11) is 0. The zero-order valence-corrected chi connectivity index (χ0v) is 15.5. The zero-order chi connectivity index (χ0) is 20.2. The van der Waals surface area contributed by atoms with E-state index < -0.39 is 12.2 Å². The first-order valence-electron chi connectivity index (χ1n) is 9.31. The van der Waals surface area contributed by atoms with Crippen LogP contribution in [0.1, 0.15) is 16.8 Å². The van der Waals surface area contributed by atoms with Crippen LogP contribution >= 0.6 is 0 Å². The van der Waals surface area contributed by atoms with E-state index in [-0.39, 0.29) is 30.9 Å². The fraction of sp³-hybridized carbons (Fsp3) is 0.350. The first-order chi connectivity index (χ1) is 14.1. The van der Waals surface area contributed by atoms with Crippen LogP contribution in [0.3, 0.4) is 0 Å². The van der Waals surface area contributed by atoms with Crippen molar-refractivity contribution < 1.29 is 28.2 Å². The van der Waals surface area contributed by atoms with Gasteiger partial charge in [-0.25, -0.2) is 14.2 Å². The van der Waals surface area contributed by atoms with E-state index in [4.69, 9.17) is 14.2 Å². The summed E-state index contributed by atoms with van der Waals surface area (Å²) in [6, 6.07) is 8.82. The molecule has 2 aromatic rings. The van der Waals surface area contributed by atoms with E-state index in [1.54, 1.807) is 12.1 Å². The molecule has 2 unspecified atom stereocenters. The molecule has 2 amide bonds. The monoisotopic (exact) mass is 401 g/mol. The smallest absolute Gasteiger partial charge is 0.414 e. The number of nitrogens with zero attached hydrogens (tertiary/aromatic N) is 2. The minimum Gasteiger partial charge on any atom is -0.472 e. The standard InChI is InChI=1S/C20H20FN3O5/c21-14-2-4-15(5-3-14)24-11-17(29-20(24)26)10-23-19(25)13-1-6-18(22-9-13)28-16-7-8-27-12-16/h1-6,9,16-17H,7-8,10-12H2,(H,23,25). The fourth-order valence-corrected chi connectivity index (χ4v) is 3.13. The Bertz CT molecular complexity index is 869. The first-order valence-corrected chi connectivity index (χ1v) is 9.31. The van der Waals surface area contributed by atoms with Crippen LogP contribution < -0.4 is 15.0 Å². The quantitative estimate of drug-likeness (QED) is 0.798. The van der Waals surface area contributed by atoms with Gasteiger partial charge in [0.1, 0.15) is 18.0 Å². The van der Waals surface area contributed by atoms with Crippen LogP contribution in [0.5, 0.6) is 5.88 Å². The minimum absolute atomic E-state index is 0.0108. The van der Waals surface area contributed by atoms with Crippen molar-refractivity contribution in [3.05, 3.63) is 54.0 Å². The molecule has 3 heterocycles. The number of benzene rings is 1. The lowest BCUT2D eigenvalue weighted by atomic mass is 10.2. The molecule has 29 heavy (non-hydrogen) atoms. The van der Waals surface area contributed by atoms with Crippen LogP contribution in [0.15, 0.2) is 42.6 Å². The Labute approximate surface area is 166 Å². The molecule has 8 nitrogen and oxygen atoms in total. The van der Waals surface area contributed by atoms with Crippen molar-refractivity contribution in [2.45, 2.75) is 18.6 Å². The molecule has 4 rings (SSSR count). The third kappa shape index (κ3) is 4.62. The number of rotatable bonds is 6. The van der Waals surface area contributed by atoms with Crippen LogP contribution in [0.4, 0.5) is 14.9 Å². The number of ether oxygens (including phenoxy) is 3. The van der Waals surface area contributed by atoms with Gasteiger partial charge >= 0.3 is 6.09 Å². The Kier molecular flexibility index (Phi) is 5.57. The highest BCUT2D eigenvalue weighted by Gasteiger charge is 2.32. The summed E-state index contributed by atoms with van der Waals surface area (Å²) in [6.07, 6.45) is 1.21. The molecule has 2 aliphatic rings. The molecule has 0 saturated carbocycles. The number of hydrogen-bond donors (Lipinski definition) is 1. The summed E-state index contributed by atoms with van der Waals surface area (Å²) in [5.41, 5.74) is 0.914. The van der Waals surface area contributed by atoms with Crippen LogP contribution in [0.25, 0.3) is 0 Å². The van der Waals surface area contributed by atoms with E-state index in [0.29, 0.717) is 30.3 Å². The molecule has 0 bridgehead atoms. The minimum atomic E-state index is -0.532. The van der Waals surface area contributed by atoms with Crippen molar-refractivity contribution in [2.24, 2.45) is 0 Å². The third-order valence-corrected chi connectivity index (χ3v) is 4.68. The van der Waals surface area contributed by atoms with Gasteiger partial charge in [0.05, 0.1) is 31.9 Å². The summed E-state index contributed by atoms with van der Waals surface area (Å²) in [6.45, 7) is 1.63. The van der Waals surface area contributed by atoms with Crippen LogP contribution in [0.2, 0.25) is 0 Å². The van der Waals surface area contributed by atoms with Gasteiger partial charge < -0.3 is 19.5 Å². The second kappa shape index (κ2) is 8.44. The molecule has 0 aliphatic carbocycles. The number of carbonyl (C=O) groups is 2. The predicted octanol–water partition coefficient (Wildman–Crippen LogP) is 2.14. The highest BCUT2D eigenvalue weighted by atomic mass is 19.1. The molecule has 0 radical (unpaired) electrons. The first kappa shape index (κ1) is 19.1. The Morgan fingerprint density at radius 3 is 2.79 bits per heavy atom. The number of halogens is 1. The van der Waals surface area contributed by atoms with Crippen LogP contribution in [-0.2, 0) is 9.47 Å². The largest absolute Gasteiger partial charge is 0.472 e. The second-order valence-electron chi connectivity index (χ2n) is 6.79. The van der Waals surface area contributed by atoms with Crippen molar-refractivity contribution in [3.63, 3.8) is 0 Å². The molecule has 2 atom stereocenters. The molecule has 2 fully saturated rings. The number of amides is 2. The van der Waals surface area contributed by atoms with E-state index in [0.717, 1.165) is 6.42 Å². The molecule has 9 heteroatoms. The summed E-state index contributed by atoms with van der Waals surface area (Å²) < 4.78 is 29.2. The average molecular weight is 401 g/mol. The Morgan fingerprint density at radius 1 is 1.28 bits per heavy atom. The van der Waals surface area contributed by atoms with Gasteiger partial charge in [-0.05, 0) is 30.3 Å². The average Bonchev–Trinajstić information content (AvgIpc) is 3.37. The van der Waals surface area contributed by atoms with Gasteiger partial charge in [0.25, 0.3) is 5.91 Å². The number of aromatic nitrogens is 1. The SMILES string of the molecule is O=C(NCC1CN(c2ccc(F)cc2)C(=O)O1)c1ccc(OC2CCOC2)nc1. The molecule has 1 aromatic carbocycles. The molecular weight excluding hydrogens is 381 g/mol. The van der Waals surface area contributed by atoms with E-state index in [2.05, 4.69) is 10.3 Å². The number of carbonyl (C=O) groups excluding carboxylic acids is 2. The highest BCUT2D eigenvalue weighted by molar-refractivity contribution is 5.94. The number of anilines is 1. The third-order valence-electron chi connectivity index (χ3n) is 4.68. The molecular formula is C20H20FN3O5. The summed E-state index contributed by atoms with van der Waals surface area (Å²) in [5.74, 6) is -0.270. The van der Waals surface area contributed by atoms with Gasteiger partial charge in [0, 0.05) is 24.4 Å². The van der Waals surface area contributed by atoms with E-state index in [1.807, 2.05) is 0 Å². The Morgan fingerprint density at radius 2 is 2.10 bits per heavy atom. The lowest BCUT2D eigenvalue weighted by Gasteiger charge is -2.13. The van der Waals surface area contributed by atoms with Crippen molar-refractivity contribution >= 4 is 17.7 Å². The maximum atomic E-state index is 13.0. The van der Waals surface area contributed by atoms with Gasteiger partial charge in [-0.2, -0.15) is 0 Å². The van der Waals surface area contributed by atoms with Crippen molar-refractivity contribution in [3.8, 4) is 5.88 Å². The van der Waals surface area contributed by atoms with Crippen molar-refractivity contribution in [1.29, 1.82) is 0 Å².